The molecule has 76 valence electrons. The zero-order valence-electron chi connectivity index (χ0n) is 8.99. The summed E-state index contributed by atoms with van der Waals surface area (Å²) >= 11 is 0. The van der Waals surface area contributed by atoms with Crippen LogP contribution in [0.1, 0.15) is 38.9 Å². The minimum atomic E-state index is -0.488. The van der Waals surface area contributed by atoms with Crippen LogP contribution in [-0.2, 0) is 0 Å². The highest BCUT2D eigenvalue weighted by Crippen LogP contribution is 2.24. The molecule has 1 aromatic heterocycles. The van der Waals surface area contributed by atoms with Gasteiger partial charge in [-0.05, 0) is 43.5 Å². The van der Waals surface area contributed by atoms with E-state index in [9.17, 15) is 5.11 Å². The fourth-order valence-electron chi connectivity index (χ4n) is 1.31. The highest BCUT2D eigenvalue weighted by atomic mass is 16.3. The maximum absolute atomic E-state index is 10.0. The lowest BCUT2D eigenvalue weighted by atomic mass is 9.99. The van der Waals surface area contributed by atoms with E-state index in [1.807, 2.05) is 19.1 Å². The number of rotatable bonds is 3. The molecule has 14 heavy (non-hydrogen) atoms. The molecule has 1 N–H and O–H groups in total. The molecule has 1 rings (SSSR count). The number of aliphatic hydroxyl groups is 1. The molecule has 0 bridgehead atoms. The van der Waals surface area contributed by atoms with E-state index in [0.29, 0.717) is 0 Å². The minimum absolute atomic E-state index is 0.488. The fraction of sp³-hybridized carbons (Fsp3) is 0.417. The topological polar surface area (TPSA) is 33.1 Å². The molecule has 0 saturated heterocycles. The second kappa shape index (κ2) is 4.91. The van der Waals surface area contributed by atoms with Crippen LogP contribution >= 0.6 is 0 Å². The molecule has 1 atom stereocenters. The summed E-state index contributed by atoms with van der Waals surface area (Å²) in [5.41, 5.74) is 3.19. The molecule has 2 heteroatoms. The van der Waals surface area contributed by atoms with Gasteiger partial charge in [0.15, 0.2) is 0 Å². The predicted molar refractivity (Wildman–Crippen MR) is 57.9 cm³/mol. The van der Waals surface area contributed by atoms with E-state index >= 15 is 0 Å². The second-order valence-corrected chi connectivity index (χ2v) is 3.50. The van der Waals surface area contributed by atoms with E-state index in [4.69, 9.17) is 0 Å². The largest absolute Gasteiger partial charge is 0.384 e. The van der Waals surface area contributed by atoms with Crippen LogP contribution in [0.3, 0.4) is 0 Å². The van der Waals surface area contributed by atoms with E-state index in [-0.39, 0.29) is 0 Å². The van der Waals surface area contributed by atoms with Crippen LogP contribution in [-0.4, -0.2) is 10.1 Å². The Morgan fingerprint density at radius 3 is 2.43 bits per heavy atom. The van der Waals surface area contributed by atoms with Crippen molar-refractivity contribution < 1.29 is 5.11 Å². The van der Waals surface area contributed by atoms with Gasteiger partial charge in [0.05, 0.1) is 0 Å². The molecule has 0 aliphatic rings. The van der Waals surface area contributed by atoms with Gasteiger partial charge in [0.1, 0.15) is 6.10 Å². The van der Waals surface area contributed by atoms with Crippen molar-refractivity contribution in [3.05, 3.63) is 41.2 Å². The van der Waals surface area contributed by atoms with Gasteiger partial charge in [0.25, 0.3) is 0 Å². The van der Waals surface area contributed by atoms with Gasteiger partial charge in [-0.1, -0.05) is 12.5 Å². The Labute approximate surface area is 85.3 Å². The number of hydrogen-bond acceptors (Lipinski definition) is 2. The van der Waals surface area contributed by atoms with E-state index in [1.54, 1.807) is 12.4 Å². The summed E-state index contributed by atoms with van der Waals surface area (Å²) in [7, 11) is 0. The van der Waals surface area contributed by atoms with Crippen molar-refractivity contribution in [2.75, 3.05) is 0 Å². The molecule has 1 unspecified atom stereocenters. The Bertz CT molecular complexity index is 316. The maximum atomic E-state index is 10.0. The summed E-state index contributed by atoms with van der Waals surface area (Å²) in [6.45, 7) is 6.13. The molecule has 0 fully saturated rings. The van der Waals surface area contributed by atoms with Gasteiger partial charge in [0.2, 0.25) is 0 Å². The number of nitrogens with zero attached hydrogens (tertiary/aromatic N) is 1. The van der Waals surface area contributed by atoms with Crippen molar-refractivity contribution in [2.24, 2.45) is 0 Å². The summed E-state index contributed by atoms with van der Waals surface area (Å²) in [6.07, 6.45) is 3.90. The smallest absolute Gasteiger partial charge is 0.100 e. The molecule has 1 aromatic rings. The molecule has 0 aromatic carbocycles. The van der Waals surface area contributed by atoms with Gasteiger partial charge in [0, 0.05) is 12.4 Å². The molecule has 0 aliphatic heterocycles. The van der Waals surface area contributed by atoms with E-state index in [1.165, 1.54) is 5.57 Å². The zero-order valence-corrected chi connectivity index (χ0v) is 8.99. The Morgan fingerprint density at radius 1 is 1.36 bits per heavy atom. The summed E-state index contributed by atoms with van der Waals surface area (Å²) in [5.74, 6) is 0. The quantitative estimate of drug-likeness (QED) is 0.745. The third-order valence-corrected chi connectivity index (χ3v) is 2.64. The zero-order chi connectivity index (χ0) is 10.6. The summed E-state index contributed by atoms with van der Waals surface area (Å²) in [6, 6.07) is 3.69. The van der Waals surface area contributed by atoms with E-state index in [0.717, 1.165) is 17.6 Å². The lowest BCUT2D eigenvalue weighted by Crippen LogP contribution is -2.01. The SMILES string of the molecule is CC/C(C)=C(/C)C(O)c1ccncc1. The van der Waals surface area contributed by atoms with Crippen molar-refractivity contribution >= 4 is 0 Å². The molecular weight excluding hydrogens is 174 g/mol. The van der Waals surface area contributed by atoms with Crippen LogP contribution in [0, 0.1) is 0 Å². The molecular formula is C12H17NO. The molecule has 0 radical (unpaired) electrons. The molecule has 1 heterocycles. The van der Waals surface area contributed by atoms with Crippen LogP contribution in [0.25, 0.3) is 0 Å². The molecule has 0 spiro atoms. The van der Waals surface area contributed by atoms with E-state index in [2.05, 4.69) is 18.8 Å². The first-order valence-electron chi connectivity index (χ1n) is 4.91. The third kappa shape index (κ3) is 2.42. The Hall–Kier alpha value is -1.15. The van der Waals surface area contributed by atoms with Gasteiger partial charge in [-0.25, -0.2) is 0 Å². The Kier molecular flexibility index (Phi) is 3.84. The highest BCUT2D eigenvalue weighted by Gasteiger charge is 2.10. The number of hydrogen-bond donors (Lipinski definition) is 1. The summed E-state index contributed by atoms with van der Waals surface area (Å²) in [4.78, 5) is 3.92. The van der Waals surface area contributed by atoms with Gasteiger partial charge in [-0.3, -0.25) is 4.98 Å². The van der Waals surface area contributed by atoms with Gasteiger partial charge >= 0.3 is 0 Å². The van der Waals surface area contributed by atoms with Crippen molar-refractivity contribution in [1.82, 2.24) is 4.98 Å². The highest BCUT2D eigenvalue weighted by molar-refractivity contribution is 5.25. The molecule has 0 saturated carbocycles. The van der Waals surface area contributed by atoms with Crippen LogP contribution in [0.4, 0.5) is 0 Å². The number of pyridine rings is 1. The molecule has 2 nitrogen and oxygen atoms in total. The van der Waals surface area contributed by atoms with Crippen molar-refractivity contribution in [3.8, 4) is 0 Å². The second-order valence-electron chi connectivity index (χ2n) is 3.50. The predicted octanol–water partition coefficient (Wildman–Crippen LogP) is 2.86. The number of aliphatic hydroxyl groups excluding tert-OH is 1. The number of allylic oxidation sites excluding steroid dienone is 1. The number of aromatic nitrogens is 1. The average molecular weight is 191 g/mol. The Balaban J connectivity index is 2.91. The average Bonchev–Trinajstić information content (AvgIpc) is 2.27. The first-order valence-corrected chi connectivity index (χ1v) is 4.91. The van der Waals surface area contributed by atoms with Gasteiger partial charge in [-0.15, -0.1) is 0 Å². The minimum Gasteiger partial charge on any atom is -0.384 e. The van der Waals surface area contributed by atoms with Crippen LogP contribution in [0.5, 0.6) is 0 Å². The fourth-order valence-corrected chi connectivity index (χ4v) is 1.31. The van der Waals surface area contributed by atoms with Crippen molar-refractivity contribution in [2.45, 2.75) is 33.3 Å². The Morgan fingerprint density at radius 2 is 1.93 bits per heavy atom. The van der Waals surface area contributed by atoms with Crippen molar-refractivity contribution in [3.63, 3.8) is 0 Å². The normalized spacial score (nSPS) is 14.9. The maximum Gasteiger partial charge on any atom is 0.100 e. The lowest BCUT2D eigenvalue weighted by Gasteiger charge is -2.14. The van der Waals surface area contributed by atoms with Gasteiger partial charge in [-0.2, -0.15) is 0 Å². The first-order chi connectivity index (χ1) is 6.66. The lowest BCUT2D eigenvalue weighted by molar-refractivity contribution is 0.214. The first kappa shape index (κ1) is 10.9. The van der Waals surface area contributed by atoms with Crippen LogP contribution < -0.4 is 0 Å². The third-order valence-electron chi connectivity index (χ3n) is 2.64. The van der Waals surface area contributed by atoms with Crippen LogP contribution in [0.2, 0.25) is 0 Å². The molecule has 0 amide bonds. The summed E-state index contributed by atoms with van der Waals surface area (Å²) in [5, 5.41) is 10.0. The van der Waals surface area contributed by atoms with Crippen LogP contribution in [0.15, 0.2) is 35.7 Å². The van der Waals surface area contributed by atoms with Gasteiger partial charge < -0.3 is 5.11 Å². The standard InChI is InChI=1S/C12H17NO/c1-4-9(2)10(3)12(14)11-5-7-13-8-6-11/h5-8,12,14H,4H2,1-3H3/b10-9-. The monoisotopic (exact) mass is 191 g/mol. The van der Waals surface area contributed by atoms with E-state index < -0.39 is 6.10 Å². The summed E-state index contributed by atoms with van der Waals surface area (Å²) < 4.78 is 0. The van der Waals surface area contributed by atoms with Crippen molar-refractivity contribution in [1.29, 1.82) is 0 Å². The molecule has 0 aliphatic carbocycles.